The van der Waals surface area contributed by atoms with E-state index in [1.165, 1.54) is 11.1 Å². The first-order chi connectivity index (χ1) is 12.2. The van der Waals surface area contributed by atoms with Crippen LogP contribution >= 0.6 is 11.3 Å². The molecular weight excluding hydrogens is 326 g/mol. The van der Waals surface area contributed by atoms with E-state index >= 15 is 0 Å². The summed E-state index contributed by atoms with van der Waals surface area (Å²) in [6, 6.07) is 22.9. The molecule has 25 heavy (non-hydrogen) atoms. The van der Waals surface area contributed by atoms with Gasteiger partial charge < -0.3 is 10.6 Å². The standard InChI is InChI=1S/C21H23N3S/c1-24(16-18-7-3-2-4-8-18)13-12-17-9-5-10-19(15-17)23-21(22)20-11-6-14-25-20/h2-11,14-15H,12-13,16H2,1H3,(H2,22,23). The van der Waals surface area contributed by atoms with Crippen molar-refractivity contribution in [1.82, 2.24) is 4.90 Å². The molecule has 0 aliphatic heterocycles. The van der Waals surface area contributed by atoms with Crippen LogP contribution in [-0.4, -0.2) is 24.3 Å². The highest BCUT2D eigenvalue weighted by Crippen LogP contribution is 2.17. The minimum atomic E-state index is 0.577. The van der Waals surface area contributed by atoms with E-state index in [1.807, 2.05) is 29.6 Å². The zero-order chi connectivity index (χ0) is 17.5. The van der Waals surface area contributed by atoms with Gasteiger partial charge in [0.2, 0.25) is 0 Å². The molecule has 0 saturated heterocycles. The minimum Gasteiger partial charge on any atom is -0.383 e. The second kappa shape index (κ2) is 8.60. The Morgan fingerprint density at radius 1 is 1.00 bits per heavy atom. The lowest BCUT2D eigenvalue weighted by molar-refractivity contribution is 0.331. The average molecular weight is 350 g/mol. The highest BCUT2D eigenvalue weighted by atomic mass is 32.1. The van der Waals surface area contributed by atoms with Gasteiger partial charge in [0, 0.05) is 13.1 Å². The molecule has 0 aliphatic carbocycles. The SMILES string of the molecule is CN(CCc1cccc(N=C(N)c2cccs2)c1)Cc1ccccc1. The largest absolute Gasteiger partial charge is 0.383 e. The van der Waals surface area contributed by atoms with Gasteiger partial charge in [-0.1, -0.05) is 48.5 Å². The number of hydrogen-bond acceptors (Lipinski definition) is 3. The first kappa shape index (κ1) is 17.4. The summed E-state index contributed by atoms with van der Waals surface area (Å²) in [5, 5.41) is 2.01. The number of likely N-dealkylation sites (N-methyl/N-ethyl adjacent to an activating group) is 1. The number of thiophene rings is 1. The molecule has 2 N–H and O–H groups in total. The Hall–Kier alpha value is -2.43. The molecule has 3 rings (SSSR count). The monoisotopic (exact) mass is 349 g/mol. The van der Waals surface area contributed by atoms with Gasteiger partial charge >= 0.3 is 0 Å². The summed E-state index contributed by atoms with van der Waals surface area (Å²) in [4.78, 5) is 7.89. The topological polar surface area (TPSA) is 41.6 Å². The number of aliphatic imine (C=N–C) groups is 1. The molecule has 0 aliphatic rings. The fraction of sp³-hybridized carbons (Fsp3) is 0.190. The lowest BCUT2D eigenvalue weighted by atomic mass is 10.1. The van der Waals surface area contributed by atoms with E-state index in [0.29, 0.717) is 5.84 Å². The lowest BCUT2D eigenvalue weighted by Crippen LogP contribution is -2.20. The Kier molecular flexibility index (Phi) is 5.99. The summed E-state index contributed by atoms with van der Waals surface area (Å²) in [5.74, 6) is 0.577. The van der Waals surface area contributed by atoms with E-state index in [1.54, 1.807) is 11.3 Å². The van der Waals surface area contributed by atoms with Crippen LogP contribution in [-0.2, 0) is 13.0 Å². The number of hydrogen-bond donors (Lipinski definition) is 1. The van der Waals surface area contributed by atoms with E-state index in [0.717, 1.165) is 30.1 Å². The summed E-state index contributed by atoms with van der Waals surface area (Å²) in [6.07, 6.45) is 0.992. The zero-order valence-electron chi connectivity index (χ0n) is 14.4. The number of nitrogens with zero attached hydrogens (tertiary/aromatic N) is 2. The predicted octanol–water partition coefficient (Wildman–Crippen LogP) is 4.46. The first-order valence-electron chi connectivity index (χ1n) is 8.40. The number of rotatable bonds is 7. The van der Waals surface area contributed by atoms with Crippen LogP contribution in [0.4, 0.5) is 5.69 Å². The molecule has 3 aromatic rings. The van der Waals surface area contributed by atoms with Gasteiger partial charge in [-0.15, -0.1) is 11.3 Å². The van der Waals surface area contributed by atoms with Crippen LogP contribution in [0.1, 0.15) is 16.0 Å². The van der Waals surface area contributed by atoms with Crippen LogP contribution in [0, 0.1) is 0 Å². The molecule has 128 valence electrons. The summed E-state index contributed by atoms with van der Waals surface area (Å²) >= 11 is 1.61. The van der Waals surface area contributed by atoms with Gasteiger partial charge in [0.25, 0.3) is 0 Å². The highest BCUT2D eigenvalue weighted by molar-refractivity contribution is 7.12. The number of amidine groups is 1. The van der Waals surface area contributed by atoms with Gasteiger partial charge in [-0.3, -0.25) is 0 Å². The molecule has 0 spiro atoms. The molecule has 0 atom stereocenters. The third-order valence-corrected chi connectivity index (χ3v) is 4.90. The molecule has 1 heterocycles. The van der Waals surface area contributed by atoms with E-state index in [9.17, 15) is 0 Å². The second-order valence-corrected chi connectivity index (χ2v) is 7.07. The van der Waals surface area contributed by atoms with Crippen molar-refractivity contribution >= 4 is 22.9 Å². The lowest BCUT2D eigenvalue weighted by Gasteiger charge is -2.16. The zero-order valence-corrected chi connectivity index (χ0v) is 15.2. The van der Waals surface area contributed by atoms with Crippen LogP contribution < -0.4 is 5.73 Å². The number of nitrogens with two attached hydrogens (primary N) is 1. The van der Waals surface area contributed by atoms with Crippen LogP contribution in [0.3, 0.4) is 0 Å². The molecule has 3 nitrogen and oxygen atoms in total. The quantitative estimate of drug-likeness (QED) is 0.505. The van der Waals surface area contributed by atoms with Crippen molar-refractivity contribution in [3.8, 4) is 0 Å². The van der Waals surface area contributed by atoms with E-state index in [2.05, 4.69) is 59.4 Å². The van der Waals surface area contributed by atoms with E-state index < -0.39 is 0 Å². The van der Waals surface area contributed by atoms with Crippen LogP contribution in [0.15, 0.2) is 77.1 Å². The fourth-order valence-electron chi connectivity index (χ4n) is 2.69. The molecule has 1 aromatic heterocycles. The minimum absolute atomic E-state index is 0.577. The fourth-order valence-corrected chi connectivity index (χ4v) is 3.32. The van der Waals surface area contributed by atoms with E-state index in [-0.39, 0.29) is 0 Å². The van der Waals surface area contributed by atoms with E-state index in [4.69, 9.17) is 5.73 Å². The van der Waals surface area contributed by atoms with Crippen LogP contribution in [0.25, 0.3) is 0 Å². The summed E-state index contributed by atoms with van der Waals surface area (Å²) < 4.78 is 0. The summed E-state index contributed by atoms with van der Waals surface area (Å²) in [7, 11) is 2.16. The normalized spacial score (nSPS) is 11.8. The maximum atomic E-state index is 6.08. The molecule has 0 amide bonds. The van der Waals surface area contributed by atoms with Gasteiger partial charge in [0.1, 0.15) is 5.84 Å². The van der Waals surface area contributed by atoms with Gasteiger partial charge in [0.05, 0.1) is 10.6 Å². The predicted molar refractivity (Wildman–Crippen MR) is 108 cm³/mol. The molecule has 4 heteroatoms. The molecule has 0 radical (unpaired) electrons. The Morgan fingerprint density at radius 3 is 2.56 bits per heavy atom. The molecule has 0 unspecified atom stereocenters. The molecular formula is C21H23N3S. The van der Waals surface area contributed by atoms with Crippen LogP contribution in [0.2, 0.25) is 0 Å². The molecule has 0 fully saturated rings. The second-order valence-electron chi connectivity index (χ2n) is 6.12. The Balaban J connectivity index is 1.59. The van der Waals surface area contributed by atoms with Gasteiger partial charge in [0.15, 0.2) is 0 Å². The Bertz CT molecular complexity index is 810. The third-order valence-electron chi connectivity index (χ3n) is 4.01. The molecule has 2 aromatic carbocycles. The van der Waals surface area contributed by atoms with Crippen molar-refractivity contribution in [2.75, 3.05) is 13.6 Å². The van der Waals surface area contributed by atoms with Crippen molar-refractivity contribution in [3.05, 3.63) is 88.1 Å². The van der Waals surface area contributed by atoms with Gasteiger partial charge in [-0.2, -0.15) is 0 Å². The van der Waals surface area contributed by atoms with Crippen molar-refractivity contribution in [2.45, 2.75) is 13.0 Å². The third kappa shape index (κ3) is 5.28. The number of benzene rings is 2. The maximum Gasteiger partial charge on any atom is 0.141 e. The van der Waals surface area contributed by atoms with Crippen LogP contribution in [0.5, 0.6) is 0 Å². The maximum absolute atomic E-state index is 6.08. The molecule has 0 bridgehead atoms. The van der Waals surface area contributed by atoms with Gasteiger partial charge in [-0.05, 0) is 48.2 Å². The molecule has 0 saturated carbocycles. The first-order valence-corrected chi connectivity index (χ1v) is 9.28. The van der Waals surface area contributed by atoms with Crippen molar-refractivity contribution in [2.24, 2.45) is 10.7 Å². The van der Waals surface area contributed by atoms with Gasteiger partial charge in [-0.25, -0.2) is 4.99 Å². The summed E-state index contributed by atoms with van der Waals surface area (Å²) in [6.45, 7) is 1.96. The smallest absolute Gasteiger partial charge is 0.141 e. The van der Waals surface area contributed by atoms with Crippen molar-refractivity contribution < 1.29 is 0 Å². The average Bonchev–Trinajstić information content (AvgIpc) is 3.16. The summed E-state index contributed by atoms with van der Waals surface area (Å²) in [5.41, 5.74) is 9.61. The highest BCUT2D eigenvalue weighted by Gasteiger charge is 2.03. The Morgan fingerprint density at radius 2 is 1.80 bits per heavy atom. The Labute approximate surface area is 153 Å². The van der Waals surface area contributed by atoms with Crippen molar-refractivity contribution in [3.63, 3.8) is 0 Å². The van der Waals surface area contributed by atoms with Crippen molar-refractivity contribution in [1.29, 1.82) is 0 Å².